The Morgan fingerprint density at radius 3 is 2.62 bits per heavy atom. The highest BCUT2D eigenvalue weighted by Gasteiger charge is 2.24. The highest BCUT2D eigenvalue weighted by molar-refractivity contribution is 4.84. The van der Waals surface area contributed by atoms with Gasteiger partial charge in [-0.2, -0.15) is 0 Å². The van der Waals surface area contributed by atoms with E-state index in [2.05, 4.69) is 17.6 Å². The van der Waals surface area contributed by atoms with Gasteiger partial charge in [0.25, 0.3) is 0 Å². The summed E-state index contributed by atoms with van der Waals surface area (Å²) in [5.41, 5.74) is 0. The molecule has 1 saturated heterocycles. The second-order valence-electron chi connectivity index (χ2n) is 4.69. The van der Waals surface area contributed by atoms with Crippen molar-refractivity contribution < 1.29 is 0 Å². The first-order chi connectivity index (χ1) is 6.36. The summed E-state index contributed by atoms with van der Waals surface area (Å²) in [7, 11) is 0. The van der Waals surface area contributed by atoms with E-state index in [1.807, 2.05) is 0 Å². The van der Waals surface area contributed by atoms with Crippen LogP contribution in [0.2, 0.25) is 0 Å². The fourth-order valence-electron chi connectivity index (χ4n) is 2.76. The Morgan fingerprint density at radius 2 is 2.00 bits per heavy atom. The summed E-state index contributed by atoms with van der Waals surface area (Å²) in [6.45, 7) is 4.75. The van der Waals surface area contributed by atoms with Crippen LogP contribution < -0.4 is 10.6 Å². The van der Waals surface area contributed by atoms with Crippen LogP contribution in [0.5, 0.6) is 0 Å². The second-order valence-corrected chi connectivity index (χ2v) is 4.69. The first-order valence-corrected chi connectivity index (χ1v) is 5.83. The van der Waals surface area contributed by atoms with Crippen molar-refractivity contribution in [1.29, 1.82) is 0 Å². The number of hydrogen-bond donors (Lipinski definition) is 2. The molecule has 76 valence electrons. The number of nitrogens with one attached hydrogen (secondary N) is 2. The van der Waals surface area contributed by atoms with Crippen molar-refractivity contribution >= 4 is 0 Å². The van der Waals surface area contributed by atoms with Crippen LogP contribution in [0.3, 0.4) is 0 Å². The molecule has 0 aromatic carbocycles. The highest BCUT2D eigenvalue weighted by Crippen LogP contribution is 2.27. The maximum absolute atomic E-state index is 3.76. The predicted molar refractivity (Wildman–Crippen MR) is 55.8 cm³/mol. The topological polar surface area (TPSA) is 24.1 Å². The molecule has 1 heterocycles. The minimum atomic E-state index is 0.743. The summed E-state index contributed by atoms with van der Waals surface area (Å²) < 4.78 is 0. The lowest BCUT2D eigenvalue weighted by Gasteiger charge is -2.24. The van der Waals surface area contributed by atoms with Crippen molar-refractivity contribution in [3.8, 4) is 0 Å². The Hall–Kier alpha value is -0.0800. The summed E-state index contributed by atoms with van der Waals surface area (Å²) in [5, 5.41) is 7.16. The zero-order valence-corrected chi connectivity index (χ0v) is 8.68. The average molecular weight is 182 g/mol. The van der Waals surface area contributed by atoms with Crippen LogP contribution in [0.25, 0.3) is 0 Å². The van der Waals surface area contributed by atoms with Crippen molar-refractivity contribution in [2.45, 2.75) is 51.1 Å². The van der Waals surface area contributed by atoms with Gasteiger partial charge in [0.05, 0.1) is 0 Å². The first kappa shape index (κ1) is 9.47. The molecule has 0 aromatic rings. The Morgan fingerprint density at radius 1 is 1.23 bits per heavy atom. The van der Waals surface area contributed by atoms with Gasteiger partial charge < -0.3 is 10.6 Å². The van der Waals surface area contributed by atoms with Gasteiger partial charge in [0.2, 0.25) is 0 Å². The van der Waals surface area contributed by atoms with Gasteiger partial charge >= 0.3 is 0 Å². The molecule has 1 saturated carbocycles. The standard InChI is InChI=1S/C11H22N2/c1-9(10-4-2-3-5-10)13-11-6-7-12-8-11/h9-13H,2-8H2,1H3/t9-,11?/m0/s1. The maximum atomic E-state index is 3.76. The molecule has 0 radical (unpaired) electrons. The predicted octanol–water partition coefficient (Wildman–Crippen LogP) is 1.52. The van der Waals surface area contributed by atoms with E-state index in [1.54, 1.807) is 0 Å². The van der Waals surface area contributed by atoms with Gasteiger partial charge in [0, 0.05) is 18.6 Å². The summed E-state index contributed by atoms with van der Waals surface area (Å²) in [4.78, 5) is 0. The Balaban J connectivity index is 1.73. The van der Waals surface area contributed by atoms with E-state index in [-0.39, 0.29) is 0 Å². The molecular weight excluding hydrogens is 160 g/mol. The third-order valence-corrected chi connectivity index (χ3v) is 3.67. The molecule has 2 fully saturated rings. The first-order valence-electron chi connectivity index (χ1n) is 5.83. The zero-order chi connectivity index (χ0) is 9.10. The van der Waals surface area contributed by atoms with Crippen molar-refractivity contribution in [2.24, 2.45) is 5.92 Å². The summed E-state index contributed by atoms with van der Waals surface area (Å²) >= 11 is 0. The summed E-state index contributed by atoms with van der Waals surface area (Å²) in [6.07, 6.45) is 7.14. The lowest BCUT2D eigenvalue weighted by molar-refractivity contribution is 0.349. The van der Waals surface area contributed by atoms with Crippen LogP contribution in [0.4, 0.5) is 0 Å². The fourth-order valence-corrected chi connectivity index (χ4v) is 2.76. The van der Waals surface area contributed by atoms with E-state index in [0.29, 0.717) is 0 Å². The molecule has 13 heavy (non-hydrogen) atoms. The lowest BCUT2D eigenvalue weighted by atomic mass is 9.99. The third kappa shape index (κ3) is 2.44. The molecule has 2 atom stereocenters. The van der Waals surface area contributed by atoms with Crippen LogP contribution in [-0.2, 0) is 0 Å². The van der Waals surface area contributed by atoms with E-state index in [1.165, 1.54) is 45.2 Å². The molecule has 1 aliphatic heterocycles. The van der Waals surface area contributed by atoms with Gasteiger partial charge in [-0.1, -0.05) is 12.8 Å². The average Bonchev–Trinajstić information content (AvgIpc) is 2.74. The SMILES string of the molecule is C[C@H](NC1CCNC1)C1CCCC1. The molecule has 0 amide bonds. The Kier molecular flexibility index (Phi) is 3.23. The smallest absolute Gasteiger partial charge is 0.0207 e. The van der Waals surface area contributed by atoms with Gasteiger partial charge in [0.15, 0.2) is 0 Å². The number of hydrogen-bond acceptors (Lipinski definition) is 2. The van der Waals surface area contributed by atoms with E-state index in [9.17, 15) is 0 Å². The molecule has 2 N–H and O–H groups in total. The summed E-state index contributed by atoms with van der Waals surface area (Å²) in [6, 6.07) is 1.49. The zero-order valence-electron chi connectivity index (χ0n) is 8.68. The lowest BCUT2D eigenvalue weighted by Crippen LogP contribution is -2.41. The van der Waals surface area contributed by atoms with E-state index >= 15 is 0 Å². The largest absolute Gasteiger partial charge is 0.315 e. The molecule has 1 unspecified atom stereocenters. The monoisotopic (exact) mass is 182 g/mol. The Labute approximate surface area is 81.5 Å². The fraction of sp³-hybridized carbons (Fsp3) is 1.00. The third-order valence-electron chi connectivity index (χ3n) is 3.67. The van der Waals surface area contributed by atoms with E-state index in [0.717, 1.165) is 18.0 Å². The van der Waals surface area contributed by atoms with Crippen molar-refractivity contribution in [3.63, 3.8) is 0 Å². The van der Waals surface area contributed by atoms with Crippen molar-refractivity contribution in [2.75, 3.05) is 13.1 Å². The van der Waals surface area contributed by atoms with Crippen LogP contribution in [-0.4, -0.2) is 25.2 Å². The van der Waals surface area contributed by atoms with Gasteiger partial charge in [-0.05, 0) is 38.6 Å². The van der Waals surface area contributed by atoms with Crippen LogP contribution >= 0.6 is 0 Å². The normalized spacial score (nSPS) is 32.5. The molecule has 0 bridgehead atoms. The van der Waals surface area contributed by atoms with Gasteiger partial charge in [0.1, 0.15) is 0 Å². The minimum Gasteiger partial charge on any atom is -0.315 e. The molecule has 1 aliphatic carbocycles. The molecule has 0 aromatic heterocycles. The van der Waals surface area contributed by atoms with Gasteiger partial charge in [-0.3, -0.25) is 0 Å². The van der Waals surface area contributed by atoms with Crippen LogP contribution in [0.15, 0.2) is 0 Å². The Bertz CT molecular complexity index is 146. The summed E-state index contributed by atoms with van der Waals surface area (Å²) in [5.74, 6) is 0.959. The van der Waals surface area contributed by atoms with Gasteiger partial charge in [-0.25, -0.2) is 0 Å². The van der Waals surface area contributed by atoms with Crippen molar-refractivity contribution in [3.05, 3.63) is 0 Å². The van der Waals surface area contributed by atoms with Crippen LogP contribution in [0, 0.1) is 5.92 Å². The highest BCUT2D eigenvalue weighted by atomic mass is 15.0. The van der Waals surface area contributed by atoms with Gasteiger partial charge in [-0.15, -0.1) is 0 Å². The van der Waals surface area contributed by atoms with Crippen LogP contribution in [0.1, 0.15) is 39.0 Å². The van der Waals surface area contributed by atoms with E-state index < -0.39 is 0 Å². The molecule has 2 heteroatoms. The van der Waals surface area contributed by atoms with E-state index in [4.69, 9.17) is 0 Å². The second kappa shape index (κ2) is 4.43. The van der Waals surface area contributed by atoms with Crippen molar-refractivity contribution in [1.82, 2.24) is 10.6 Å². The molecule has 0 spiro atoms. The minimum absolute atomic E-state index is 0.743. The molecule has 2 rings (SSSR count). The maximum Gasteiger partial charge on any atom is 0.0207 e. The molecule has 2 nitrogen and oxygen atoms in total. The number of rotatable bonds is 3. The molecule has 2 aliphatic rings. The quantitative estimate of drug-likeness (QED) is 0.691. The molecular formula is C11H22N2.